The molecular formula is C27H22BrFN4O3. The van der Waals surface area contributed by atoms with Gasteiger partial charge in [0.05, 0.1) is 27.7 Å². The van der Waals surface area contributed by atoms with Crippen molar-refractivity contribution in [1.29, 1.82) is 5.26 Å². The molecule has 0 aliphatic rings. The van der Waals surface area contributed by atoms with Gasteiger partial charge in [0.15, 0.2) is 18.1 Å². The number of hydrogen-bond acceptors (Lipinski definition) is 5. The number of H-pyrrole nitrogens is 1. The first-order valence-corrected chi connectivity index (χ1v) is 11.9. The van der Waals surface area contributed by atoms with Gasteiger partial charge in [0.25, 0.3) is 5.91 Å². The van der Waals surface area contributed by atoms with Crippen molar-refractivity contribution in [1.82, 2.24) is 9.97 Å². The summed E-state index contributed by atoms with van der Waals surface area (Å²) in [5.74, 6) is 0.384. The fourth-order valence-electron chi connectivity index (χ4n) is 3.48. The molecule has 2 N–H and O–H groups in total. The van der Waals surface area contributed by atoms with Crippen molar-refractivity contribution in [2.24, 2.45) is 0 Å². The number of carbonyl (C=O) groups is 1. The Bertz CT molecular complexity index is 1490. The zero-order chi connectivity index (χ0) is 25.7. The second-order valence-electron chi connectivity index (χ2n) is 7.88. The van der Waals surface area contributed by atoms with Crippen LogP contribution in [0.4, 0.5) is 10.1 Å². The summed E-state index contributed by atoms with van der Waals surface area (Å²) < 4.78 is 25.6. The van der Waals surface area contributed by atoms with Gasteiger partial charge in [-0.2, -0.15) is 5.26 Å². The van der Waals surface area contributed by atoms with Crippen LogP contribution in [-0.2, 0) is 4.79 Å². The third-order valence-electron chi connectivity index (χ3n) is 5.15. The number of rotatable bonds is 8. The van der Waals surface area contributed by atoms with Gasteiger partial charge < -0.3 is 19.8 Å². The minimum atomic E-state index is -0.395. The summed E-state index contributed by atoms with van der Waals surface area (Å²) in [5.41, 5.74) is 3.72. The van der Waals surface area contributed by atoms with Gasteiger partial charge in [-0.15, -0.1) is 0 Å². The van der Waals surface area contributed by atoms with Crippen LogP contribution in [0.15, 0.2) is 59.1 Å². The van der Waals surface area contributed by atoms with Gasteiger partial charge in [0.2, 0.25) is 0 Å². The van der Waals surface area contributed by atoms with E-state index < -0.39 is 5.82 Å². The summed E-state index contributed by atoms with van der Waals surface area (Å²) in [7, 11) is 0. The summed E-state index contributed by atoms with van der Waals surface area (Å²) in [6, 6.07) is 17.2. The number of nitrogens with zero attached hydrogens (tertiary/aromatic N) is 2. The number of aromatic nitrogens is 2. The molecular weight excluding hydrogens is 527 g/mol. The Morgan fingerprint density at radius 3 is 2.69 bits per heavy atom. The number of ether oxygens (including phenoxy) is 2. The maximum atomic E-state index is 13.5. The quantitative estimate of drug-likeness (QED) is 0.253. The lowest BCUT2D eigenvalue weighted by atomic mass is 10.1. The molecule has 4 aromatic rings. The highest BCUT2D eigenvalue weighted by Crippen LogP contribution is 2.38. The molecule has 0 radical (unpaired) electrons. The Hall–Kier alpha value is -4.16. The first kappa shape index (κ1) is 24.9. The van der Waals surface area contributed by atoms with Crippen LogP contribution in [0.5, 0.6) is 11.5 Å². The molecule has 0 saturated carbocycles. The molecule has 0 aliphatic carbocycles. The van der Waals surface area contributed by atoms with Gasteiger partial charge in [-0.3, -0.25) is 4.79 Å². The average Bonchev–Trinajstić information content (AvgIpc) is 3.26. The van der Waals surface area contributed by atoms with Crippen LogP contribution < -0.4 is 14.8 Å². The molecule has 9 heteroatoms. The van der Waals surface area contributed by atoms with E-state index in [0.717, 1.165) is 5.56 Å². The lowest BCUT2D eigenvalue weighted by molar-refractivity contribution is -0.118. The molecule has 0 aliphatic heterocycles. The number of carbonyl (C=O) groups excluding carboxylic acids is 1. The molecule has 0 bridgehead atoms. The van der Waals surface area contributed by atoms with Gasteiger partial charge in [-0.1, -0.05) is 17.7 Å². The Labute approximate surface area is 215 Å². The second kappa shape index (κ2) is 11.1. The molecule has 0 saturated heterocycles. The largest absolute Gasteiger partial charge is 0.490 e. The lowest BCUT2D eigenvalue weighted by Crippen LogP contribution is -2.20. The number of amides is 1. The van der Waals surface area contributed by atoms with Crippen molar-refractivity contribution in [3.8, 4) is 17.6 Å². The van der Waals surface area contributed by atoms with E-state index in [1.165, 1.54) is 12.1 Å². The molecule has 1 aromatic heterocycles. The normalized spacial score (nSPS) is 11.2. The van der Waals surface area contributed by atoms with Crippen LogP contribution in [0.2, 0.25) is 0 Å². The maximum absolute atomic E-state index is 13.5. The zero-order valence-electron chi connectivity index (χ0n) is 19.6. The van der Waals surface area contributed by atoms with E-state index >= 15 is 0 Å². The van der Waals surface area contributed by atoms with Gasteiger partial charge in [-0.05, 0) is 83.9 Å². The van der Waals surface area contributed by atoms with E-state index in [4.69, 9.17) is 9.47 Å². The molecule has 7 nitrogen and oxygen atoms in total. The van der Waals surface area contributed by atoms with Crippen LogP contribution in [-0.4, -0.2) is 29.1 Å². The van der Waals surface area contributed by atoms with Crippen LogP contribution in [0.25, 0.3) is 22.7 Å². The second-order valence-corrected chi connectivity index (χ2v) is 8.74. The number of imidazole rings is 1. The van der Waals surface area contributed by atoms with Crippen LogP contribution in [0.1, 0.15) is 23.9 Å². The maximum Gasteiger partial charge on any atom is 0.262 e. The predicted octanol–water partition coefficient (Wildman–Crippen LogP) is 6.25. The van der Waals surface area contributed by atoms with E-state index in [0.29, 0.717) is 50.7 Å². The number of anilines is 1. The van der Waals surface area contributed by atoms with Gasteiger partial charge in [0.1, 0.15) is 17.7 Å². The first-order chi connectivity index (χ1) is 17.4. The molecule has 0 unspecified atom stereocenters. The van der Waals surface area contributed by atoms with Crippen LogP contribution in [0, 0.1) is 24.1 Å². The summed E-state index contributed by atoms with van der Waals surface area (Å²) in [5, 5.41) is 12.5. The molecule has 36 heavy (non-hydrogen) atoms. The van der Waals surface area contributed by atoms with Gasteiger partial charge in [-0.25, -0.2) is 9.37 Å². The molecule has 4 rings (SSSR count). The Morgan fingerprint density at radius 1 is 1.19 bits per heavy atom. The van der Waals surface area contributed by atoms with Crippen molar-refractivity contribution in [2.45, 2.75) is 13.8 Å². The highest BCUT2D eigenvalue weighted by Gasteiger charge is 2.15. The monoisotopic (exact) mass is 548 g/mol. The van der Waals surface area contributed by atoms with Crippen molar-refractivity contribution in [2.75, 3.05) is 18.5 Å². The topological polar surface area (TPSA) is 100 Å². The number of nitriles is 1. The first-order valence-electron chi connectivity index (χ1n) is 11.1. The summed E-state index contributed by atoms with van der Waals surface area (Å²) in [6.45, 7) is 3.95. The van der Waals surface area contributed by atoms with E-state index in [1.807, 2.05) is 38.1 Å². The number of halogens is 2. The Balaban J connectivity index is 1.56. The van der Waals surface area contributed by atoms with E-state index in [2.05, 4.69) is 37.3 Å². The molecule has 1 heterocycles. The number of fused-ring (bicyclic) bond motifs is 1. The zero-order valence-corrected chi connectivity index (χ0v) is 21.1. The summed E-state index contributed by atoms with van der Waals surface area (Å²) >= 11 is 3.48. The number of hydrogen-bond donors (Lipinski definition) is 2. The minimum absolute atomic E-state index is 0.222. The van der Waals surface area contributed by atoms with E-state index in [-0.39, 0.29) is 18.1 Å². The molecule has 0 fully saturated rings. The third-order valence-corrected chi connectivity index (χ3v) is 5.73. The SMILES string of the molecule is CCOc1cc(/C=C(/C#N)c2nc3ccc(F)cc3[nH]2)cc(Br)c1OCC(=O)Nc1ccc(C)cc1. The molecule has 0 spiro atoms. The molecule has 1 amide bonds. The Kier molecular flexibility index (Phi) is 7.66. The number of allylic oxidation sites excluding steroid dienone is 1. The standard InChI is InChI=1S/C27H22BrFN4O3/c1-3-35-24-12-17(10-18(14-30)27-32-22-9-6-19(29)13-23(22)33-27)11-21(28)26(24)36-15-25(34)31-20-7-4-16(2)5-8-20/h4-13H,3,15H2,1-2H3,(H,31,34)(H,32,33)/b18-10-. The third kappa shape index (κ3) is 5.90. The average molecular weight is 549 g/mol. The van der Waals surface area contributed by atoms with E-state index in [9.17, 15) is 14.4 Å². The number of aromatic amines is 1. The number of benzene rings is 3. The fraction of sp³-hybridized carbons (Fsp3) is 0.148. The van der Waals surface area contributed by atoms with Crippen LogP contribution >= 0.6 is 15.9 Å². The van der Waals surface area contributed by atoms with Crippen molar-refractivity contribution >= 4 is 50.2 Å². The Morgan fingerprint density at radius 2 is 1.97 bits per heavy atom. The summed E-state index contributed by atoms with van der Waals surface area (Å²) in [4.78, 5) is 19.7. The molecule has 182 valence electrons. The molecule has 0 atom stereocenters. The van der Waals surface area contributed by atoms with Gasteiger partial charge >= 0.3 is 0 Å². The predicted molar refractivity (Wildman–Crippen MR) is 140 cm³/mol. The number of aryl methyl sites for hydroxylation is 1. The van der Waals surface area contributed by atoms with Crippen molar-refractivity contribution < 1.29 is 18.7 Å². The molecule has 3 aromatic carbocycles. The highest BCUT2D eigenvalue weighted by atomic mass is 79.9. The minimum Gasteiger partial charge on any atom is -0.490 e. The highest BCUT2D eigenvalue weighted by molar-refractivity contribution is 9.10. The van der Waals surface area contributed by atoms with Crippen molar-refractivity contribution in [3.05, 3.63) is 81.8 Å². The smallest absolute Gasteiger partial charge is 0.262 e. The summed E-state index contributed by atoms with van der Waals surface area (Å²) in [6.07, 6.45) is 1.63. The lowest BCUT2D eigenvalue weighted by Gasteiger charge is -2.15. The van der Waals surface area contributed by atoms with E-state index in [1.54, 1.807) is 24.3 Å². The van der Waals surface area contributed by atoms with Gasteiger partial charge in [0, 0.05) is 5.69 Å². The number of nitrogens with one attached hydrogen (secondary N) is 2. The van der Waals surface area contributed by atoms with Crippen molar-refractivity contribution in [3.63, 3.8) is 0 Å². The fourth-order valence-corrected chi connectivity index (χ4v) is 4.05. The van der Waals surface area contributed by atoms with Crippen LogP contribution in [0.3, 0.4) is 0 Å².